The Morgan fingerprint density at radius 2 is 2.35 bits per heavy atom. The normalized spacial score (nSPS) is 13.9. The second-order valence-electron chi connectivity index (χ2n) is 4.40. The van der Waals surface area contributed by atoms with Crippen molar-refractivity contribution in [3.05, 3.63) is 41.8 Å². The van der Waals surface area contributed by atoms with E-state index in [1.165, 1.54) is 18.3 Å². The van der Waals surface area contributed by atoms with Crippen molar-refractivity contribution in [2.45, 2.75) is 19.1 Å². The van der Waals surface area contributed by atoms with E-state index in [9.17, 15) is 9.50 Å². The first-order valence-corrected chi connectivity index (χ1v) is 6.95. The van der Waals surface area contributed by atoms with Crippen LogP contribution in [0.3, 0.4) is 0 Å². The monoisotopic (exact) mass is 297 g/mol. The number of nitrogens with one attached hydrogen (secondary N) is 1. The molecule has 0 radical (unpaired) electrons. The number of hydrogen-bond donors (Lipinski definition) is 2. The number of aliphatic hydroxyl groups excluding tert-OH is 1. The van der Waals surface area contributed by atoms with E-state index in [4.69, 9.17) is 4.74 Å². The highest BCUT2D eigenvalue weighted by Crippen LogP contribution is 2.13. The van der Waals surface area contributed by atoms with Gasteiger partial charge >= 0.3 is 0 Å². The molecular formula is C13H16FN3O2S. The van der Waals surface area contributed by atoms with Crippen LogP contribution in [0.2, 0.25) is 0 Å². The zero-order chi connectivity index (χ0) is 14.4. The number of nitrogens with zero attached hydrogens (tertiary/aromatic N) is 2. The summed E-state index contributed by atoms with van der Waals surface area (Å²) in [4.78, 5) is 0. The molecule has 2 atom stereocenters. The van der Waals surface area contributed by atoms with E-state index in [1.807, 2.05) is 13.0 Å². The largest absolute Gasteiger partial charge is 0.473 e. The molecule has 2 aromatic rings. The van der Waals surface area contributed by atoms with E-state index >= 15 is 0 Å². The molecule has 1 aromatic heterocycles. The molecule has 0 saturated carbocycles. The van der Waals surface area contributed by atoms with E-state index in [0.717, 1.165) is 17.3 Å². The van der Waals surface area contributed by atoms with Crippen LogP contribution in [-0.4, -0.2) is 33.1 Å². The standard InChI is InChI=1S/C13H16FN3O2S/c1-9(10-3-2-4-11(14)5-10)15-6-12(18)8-19-13-7-16-20-17-13/h2-5,7,9,12,15,18H,6,8H2,1H3/t9-,12?/m1/s1. The Morgan fingerprint density at radius 3 is 3.05 bits per heavy atom. The van der Waals surface area contributed by atoms with Gasteiger partial charge in [0.15, 0.2) is 0 Å². The SMILES string of the molecule is C[C@@H](NCC(O)COc1cnsn1)c1cccc(F)c1. The van der Waals surface area contributed by atoms with Crippen LogP contribution in [0.15, 0.2) is 30.5 Å². The first-order chi connectivity index (χ1) is 9.65. The zero-order valence-electron chi connectivity index (χ0n) is 11.0. The summed E-state index contributed by atoms with van der Waals surface area (Å²) >= 11 is 1.05. The third-order valence-electron chi connectivity index (χ3n) is 2.77. The summed E-state index contributed by atoms with van der Waals surface area (Å²) < 4.78 is 26.0. The fourth-order valence-electron chi connectivity index (χ4n) is 1.67. The minimum Gasteiger partial charge on any atom is -0.473 e. The van der Waals surface area contributed by atoms with Gasteiger partial charge in [-0.1, -0.05) is 12.1 Å². The summed E-state index contributed by atoms with van der Waals surface area (Å²) in [5.74, 6) is 0.142. The molecule has 108 valence electrons. The Balaban J connectivity index is 1.73. The molecular weight excluding hydrogens is 281 g/mol. The van der Waals surface area contributed by atoms with Gasteiger partial charge in [0.05, 0.1) is 11.7 Å². The number of hydrogen-bond acceptors (Lipinski definition) is 6. The molecule has 0 aliphatic carbocycles. The Labute approximate surface area is 120 Å². The van der Waals surface area contributed by atoms with Crippen LogP contribution in [0.4, 0.5) is 4.39 Å². The molecule has 0 bridgehead atoms. The van der Waals surface area contributed by atoms with Crippen molar-refractivity contribution in [3.63, 3.8) is 0 Å². The van der Waals surface area contributed by atoms with E-state index in [0.29, 0.717) is 12.4 Å². The molecule has 7 heteroatoms. The summed E-state index contributed by atoms with van der Waals surface area (Å²) in [6.07, 6.45) is 0.827. The third-order valence-corrected chi connectivity index (χ3v) is 3.23. The number of aromatic nitrogens is 2. The maximum atomic E-state index is 13.1. The average Bonchev–Trinajstić information content (AvgIpc) is 2.95. The number of rotatable bonds is 7. The molecule has 1 aromatic carbocycles. The van der Waals surface area contributed by atoms with Crippen LogP contribution in [0.5, 0.6) is 5.88 Å². The van der Waals surface area contributed by atoms with E-state index in [1.54, 1.807) is 6.07 Å². The lowest BCUT2D eigenvalue weighted by molar-refractivity contribution is 0.102. The summed E-state index contributed by atoms with van der Waals surface area (Å²) in [7, 11) is 0. The van der Waals surface area contributed by atoms with Crippen LogP contribution in [0, 0.1) is 5.82 Å². The average molecular weight is 297 g/mol. The minimum absolute atomic E-state index is 0.0544. The van der Waals surface area contributed by atoms with Gasteiger partial charge in [-0.05, 0) is 24.6 Å². The number of aliphatic hydroxyl groups is 1. The Bertz CT molecular complexity index is 524. The third kappa shape index (κ3) is 4.52. The Hall–Kier alpha value is -1.57. The van der Waals surface area contributed by atoms with Crippen molar-refractivity contribution >= 4 is 11.7 Å². The van der Waals surface area contributed by atoms with Gasteiger partial charge in [0, 0.05) is 12.6 Å². The van der Waals surface area contributed by atoms with Gasteiger partial charge in [-0.15, -0.1) is 4.37 Å². The predicted molar refractivity (Wildman–Crippen MR) is 74.2 cm³/mol. The molecule has 0 spiro atoms. The fourth-order valence-corrected chi connectivity index (χ4v) is 2.03. The molecule has 1 heterocycles. The van der Waals surface area contributed by atoms with Crippen LogP contribution in [0.1, 0.15) is 18.5 Å². The molecule has 1 unspecified atom stereocenters. The number of benzene rings is 1. The first-order valence-electron chi connectivity index (χ1n) is 6.22. The number of ether oxygens (including phenoxy) is 1. The lowest BCUT2D eigenvalue weighted by Gasteiger charge is -2.17. The molecule has 0 aliphatic rings. The van der Waals surface area contributed by atoms with Crippen LogP contribution in [0.25, 0.3) is 0 Å². The van der Waals surface area contributed by atoms with Crippen LogP contribution >= 0.6 is 11.7 Å². The lowest BCUT2D eigenvalue weighted by Crippen LogP contribution is -2.33. The van der Waals surface area contributed by atoms with Gasteiger partial charge < -0.3 is 15.2 Å². The van der Waals surface area contributed by atoms with Crippen LogP contribution < -0.4 is 10.1 Å². The summed E-state index contributed by atoms with van der Waals surface area (Å²) in [5, 5.41) is 12.9. The molecule has 20 heavy (non-hydrogen) atoms. The molecule has 2 N–H and O–H groups in total. The second-order valence-corrected chi connectivity index (χ2v) is 4.95. The highest BCUT2D eigenvalue weighted by molar-refractivity contribution is 6.99. The molecule has 5 nitrogen and oxygen atoms in total. The van der Waals surface area contributed by atoms with Gasteiger partial charge in [0.1, 0.15) is 24.7 Å². The van der Waals surface area contributed by atoms with E-state index in [-0.39, 0.29) is 18.5 Å². The Kier molecular flexibility index (Phi) is 5.40. The van der Waals surface area contributed by atoms with Gasteiger partial charge in [-0.2, -0.15) is 4.37 Å². The smallest absolute Gasteiger partial charge is 0.245 e. The predicted octanol–water partition coefficient (Wildman–Crippen LogP) is 1.77. The highest BCUT2D eigenvalue weighted by Gasteiger charge is 2.10. The lowest BCUT2D eigenvalue weighted by atomic mass is 10.1. The molecule has 0 amide bonds. The van der Waals surface area contributed by atoms with E-state index < -0.39 is 6.10 Å². The first kappa shape index (κ1) is 14.8. The summed E-state index contributed by atoms with van der Waals surface area (Å²) in [6.45, 7) is 2.39. The van der Waals surface area contributed by atoms with Gasteiger partial charge in [-0.3, -0.25) is 0 Å². The van der Waals surface area contributed by atoms with Crippen molar-refractivity contribution in [3.8, 4) is 5.88 Å². The molecule has 0 saturated heterocycles. The van der Waals surface area contributed by atoms with Gasteiger partial charge in [0.2, 0.25) is 5.88 Å². The Morgan fingerprint density at radius 1 is 1.50 bits per heavy atom. The molecule has 0 aliphatic heterocycles. The molecule has 0 fully saturated rings. The van der Waals surface area contributed by atoms with Crippen molar-refractivity contribution in [1.29, 1.82) is 0 Å². The second kappa shape index (κ2) is 7.28. The molecule has 2 rings (SSSR count). The highest BCUT2D eigenvalue weighted by atomic mass is 32.1. The number of halogens is 1. The van der Waals surface area contributed by atoms with Crippen LogP contribution in [-0.2, 0) is 0 Å². The zero-order valence-corrected chi connectivity index (χ0v) is 11.8. The van der Waals surface area contributed by atoms with E-state index in [2.05, 4.69) is 14.1 Å². The summed E-state index contributed by atoms with van der Waals surface area (Å²) in [5.41, 5.74) is 0.835. The maximum absolute atomic E-state index is 13.1. The fraction of sp³-hybridized carbons (Fsp3) is 0.385. The topological polar surface area (TPSA) is 67.3 Å². The van der Waals surface area contributed by atoms with Crippen molar-refractivity contribution < 1.29 is 14.2 Å². The van der Waals surface area contributed by atoms with Crippen molar-refractivity contribution in [2.24, 2.45) is 0 Å². The van der Waals surface area contributed by atoms with Crippen molar-refractivity contribution in [1.82, 2.24) is 14.1 Å². The van der Waals surface area contributed by atoms with Crippen molar-refractivity contribution in [2.75, 3.05) is 13.2 Å². The van der Waals surface area contributed by atoms with Gasteiger partial charge in [0.25, 0.3) is 0 Å². The summed E-state index contributed by atoms with van der Waals surface area (Å²) in [6, 6.07) is 6.33. The van der Waals surface area contributed by atoms with Gasteiger partial charge in [-0.25, -0.2) is 4.39 Å². The minimum atomic E-state index is -0.673. The quantitative estimate of drug-likeness (QED) is 0.815. The maximum Gasteiger partial charge on any atom is 0.245 e.